The predicted molar refractivity (Wildman–Crippen MR) is 282 cm³/mol. The maximum atomic E-state index is 5.62. The minimum atomic E-state index is -0.0281. The van der Waals surface area contributed by atoms with Gasteiger partial charge in [-0.2, -0.15) is 0 Å². The van der Waals surface area contributed by atoms with Crippen molar-refractivity contribution in [1.82, 2.24) is 29.1 Å². The van der Waals surface area contributed by atoms with E-state index in [-0.39, 0.29) is 27.6 Å². The van der Waals surface area contributed by atoms with Gasteiger partial charge >= 0.3 is 0 Å². The maximum Gasteiger partial charge on any atom is 0.167 e. The highest BCUT2D eigenvalue weighted by molar-refractivity contribution is 6.10. The lowest BCUT2D eigenvalue weighted by atomic mass is 9.79. The summed E-state index contributed by atoms with van der Waals surface area (Å²) in [6.07, 6.45) is 14.0. The Morgan fingerprint density at radius 1 is 0.552 bits per heavy atom. The minimum Gasteiger partial charge on any atom is -0.311 e. The Balaban J connectivity index is 1.32. The molecule has 2 aliphatic rings. The lowest BCUT2D eigenvalue weighted by Crippen LogP contribution is -2.15. The van der Waals surface area contributed by atoms with Gasteiger partial charge in [0.2, 0.25) is 0 Å². The van der Waals surface area contributed by atoms with E-state index in [1.807, 2.05) is 6.07 Å². The van der Waals surface area contributed by atoms with Gasteiger partial charge in [-0.3, -0.25) is 4.57 Å². The Labute approximate surface area is 397 Å². The Bertz CT molecular complexity index is 3290. The van der Waals surface area contributed by atoms with Crippen LogP contribution in [0, 0.1) is 11.3 Å². The van der Waals surface area contributed by atoms with Crippen molar-refractivity contribution in [2.45, 2.75) is 126 Å². The van der Waals surface area contributed by atoms with E-state index in [1.54, 1.807) is 0 Å². The van der Waals surface area contributed by atoms with E-state index in [0.29, 0.717) is 17.5 Å². The number of fused-ring (bicyclic) bond motifs is 6. The normalized spacial score (nSPS) is 15.9. The van der Waals surface area contributed by atoms with Crippen molar-refractivity contribution in [3.63, 3.8) is 0 Å². The van der Waals surface area contributed by atoms with Gasteiger partial charge in [0.1, 0.15) is 5.82 Å². The first-order valence-corrected chi connectivity index (χ1v) is 24.3. The van der Waals surface area contributed by atoms with E-state index < -0.39 is 0 Å². The molecule has 2 aliphatic carbocycles. The molecule has 10 rings (SSSR count). The average molecular weight is 883 g/mol. The van der Waals surface area contributed by atoms with Crippen LogP contribution in [-0.4, -0.2) is 29.1 Å². The zero-order valence-electron chi connectivity index (χ0n) is 41.9. The third kappa shape index (κ3) is 7.96. The number of pyridine rings is 1. The fourth-order valence-corrected chi connectivity index (χ4v) is 10.1. The van der Waals surface area contributed by atoms with Gasteiger partial charge in [0, 0.05) is 38.6 Å². The molecule has 0 N–H and O–H groups in total. The van der Waals surface area contributed by atoms with Crippen LogP contribution in [0.15, 0.2) is 121 Å². The molecule has 6 nitrogen and oxygen atoms in total. The summed E-state index contributed by atoms with van der Waals surface area (Å²) in [6, 6.07) is 33.7. The molecule has 4 aromatic heterocycles. The van der Waals surface area contributed by atoms with Gasteiger partial charge in [-0.05, 0) is 106 Å². The molecule has 4 aromatic carbocycles. The molecule has 0 bridgehead atoms. The molecule has 6 heteroatoms. The topological polar surface area (TPSA) is 61.4 Å². The molecule has 0 radical (unpaired) electrons. The molecule has 340 valence electrons. The maximum absolute atomic E-state index is 5.62. The Hall–Kier alpha value is -6.40. The summed E-state index contributed by atoms with van der Waals surface area (Å²) in [5.41, 5.74) is 15.3. The van der Waals surface area contributed by atoms with E-state index in [0.717, 1.165) is 58.5 Å². The minimum absolute atomic E-state index is 0.00228. The Kier molecular flexibility index (Phi) is 10.5. The largest absolute Gasteiger partial charge is 0.311 e. The molecule has 1 atom stereocenters. The van der Waals surface area contributed by atoms with Crippen LogP contribution in [0.1, 0.15) is 137 Å². The molecular weight excluding hydrogens is 817 g/mol. The van der Waals surface area contributed by atoms with Crippen molar-refractivity contribution in [3.05, 3.63) is 155 Å². The lowest BCUT2D eigenvalue weighted by molar-refractivity contribution is 0.483. The standard InChI is InChI=1S/C61H66N6/c1-37-19-17-18-22-44(37)55-63-54(38-20-15-14-16-21-38)64-56(65-55)49-35-43(66-50-27-23-39(58(2,3)4)31-45(50)46-32-40(59(5,6)7)24-28-51(46)66)36-62-57(49)67-52-29-25-41(60(8,9)10)33-47(52)48-34-42(61(11,12)13)26-30-53(48)67/h14-18,20-23,25-27,29-37H,19,24,28H2,1-13H3. The smallest absolute Gasteiger partial charge is 0.167 e. The molecule has 1 unspecified atom stereocenters. The van der Waals surface area contributed by atoms with E-state index in [9.17, 15) is 0 Å². The molecule has 67 heavy (non-hydrogen) atoms. The van der Waals surface area contributed by atoms with Crippen molar-refractivity contribution in [1.29, 1.82) is 0 Å². The van der Waals surface area contributed by atoms with Crippen LogP contribution in [0.2, 0.25) is 0 Å². The first kappa shape index (κ1) is 44.4. The van der Waals surface area contributed by atoms with Crippen LogP contribution < -0.4 is 0 Å². The third-order valence-electron chi connectivity index (χ3n) is 14.3. The predicted octanol–water partition coefficient (Wildman–Crippen LogP) is 15.9. The monoisotopic (exact) mass is 883 g/mol. The number of allylic oxidation sites excluding steroid dienone is 5. The quantitative estimate of drug-likeness (QED) is 0.173. The van der Waals surface area contributed by atoms with Gasteiger partial charge in [0.05, 0.1) is 34.0 Å². The first-order chi connectivity index (χ1) is 31.6. The van der Waals surface area contributed by atoms with Crippen molar-refractivity contribution in [3.8, 4) is 34.3 Å². The summed E-state index contributed by atoms with van der Waals surface area (Å²) in [4.78, 5) is 21.7. The van der Waals surface area contributed by atoms with Gasteiger partial charge in [0.25, 0.3) is 0 Å². The van der Waals surface area contributed by atoms with Crippen molar-refractivity contribution >= 4 is 44.4 Å². The zero-order valence-corrected chi connectivity index (χ0v) is 41.9. The van der Waals surface area contributed by atoms with E-state index in [2.05, 4.69) is 215 Å². The van der Waals surface area contributed by atoms with E-state index >= 15 is 0 Å². The van der Waals surface area contributed by atoms with Gasteiger partial charge in [-0.15, -0.1) is 0 Å². The second-order valence-corrected chi connectivity index (χ2v) is 23.3. The number of hydrogen-bond acceptors (Lipinski definition) is 4. The van der Waals surface area contributed by atoms with Crippen LogP contribution in [-0.2, 0) is 22.7 Å². The number of benzene rings is 4. The SMILES string of the molecule is CC1CC=CC=C1c1nc(-c2ccccc2)nc(-c2cc(-n3c4c(c5cc(C(C)(C)C)ccc53)C=C(C(C)(C)C)CC4)cnc2-n2c3ccc(C(C)(C)C)cc3c3cc(C(C)(C)C)ccc32)n1. The second kappa shape index (κ2) is 15.9. The summed E-state index contributed by atoms with van der Waals surface area (Å²) >= 11 is 0. The lowest BCUT2D eigenvalue weighted by Gasteiger charge is -2.27. The van der Waals surface area contributed by atoms with Crippen LogP contribution >= 0.6 is 0 Å². The zero-order chi connectivity index (χ0) is 47.4. The molecule has 4 heterocycles. The summed E-state index contributed by atoms with van der Waals surface area (Å²) < 4.78 is 4.83. The van der Waals surface area contributed by atoms with Crippen LogP contribution in [0.3, 0.4) is 0 Å². The average Bonchev–Trinajstić information content (AvgIpc) is 3.79. The van der Waals surface area contributed by atoms with Crippen molar-refractivity contribution in [2.24, 2.45) is 11.3 Å². The number of aromatic nitrogens is 6. The van der Waals surface area contributed by atoms with E-state index in [1.165, 1.54) is 55.2 Å². The summed E-state index contributed by atoms with van der Waals surface area (Å²) in [5, 5.41) is 3.70. The van der Waals surface area contributed by atoms with Gasteiger partial charge in [-0.1, -0.05) is 168 Å². The first-order valence-electron chi connectivity index (χ1n) is 24.3. The molecule has 0 fully saturated rings. The van der Waals surface area contributed by atoms with Gasteiger partial charge in [-0.25, -0.2) is 19.9 Å². The molecule has 0 saturated carbocycles. The molecule has 0 saturated heterocycles. The van der Waals surface area contributed by atoms with Gasteiger partial charge < -0.3 is 4.57 Å². The van der Waals surface area contributed by atoms with Gasteiger partial charge in [0.15, 0.2) is 17.5 Å². The van der Waals surface area contributed by atoms with Crippen LogP contribution in [0.25, 0.3) is 78.6 Å². The summed E-state index contributed by atoms with van der Waals surface area (Å²) in [5.74, 6) is 2.97. The number of hydrogen-bond donors (Lipinski definition) is 0. The van der Waals surface area contributed by atoms with Crippen LogP contribution in [0.5, 0.6) is 0 Å². The fraction of sp³-hybridized carbons (Fsp3) is 0.344. The summed E-state index contributed by atoms with van der Waals surface area (Å²) in [6.45, 7) is 29.9. The van der Waals surface area contributed by atoms with E-state index in [4.69, 9.17) is 19.9 Å². The number of nitrogens with zero attached hydrogens (tertiary/aromatic N) is 6. The Morgan fingerprint density at radius 2 is 1.10 bits per heavy atom. The second-order valence-electron chi connectivity index (χ2n) is 23.3. The highest BCUT2D eigenvalue weighted by Gasteiger charge is 2.30. The Morgan fingerprint density at radius 3 is 1.67 bits per heavy atom. The molecule has 8 aromatic rings. The third-order valence-corrected chi connectivity index (χ3v) is 14.3. The molecule has 0 spiro atoms. The van der Waals surface area contributed by atoms with Crippen LogP contribution in [0.4, 0.5) is 0 Å². The molecule has 0 aliphatic heterocycles. The summed E-state index contributed by atoms with van der Waals surface area (Å²) in [7, 11) is 0. The fourth-order valence-electron chi connectivity index (χ4n) is 10.1. The number of rotatable bonds is 5. The van der Waals surface area contributed by atoms with Crippen molar-refractivity contribution in [2.75, 3.05) is 0 Å². The van der Waals surface area contributed by atoms with Crippen molar-refractivity contribution < 1.29 is 0 Å². The highest BCUT2D eigenvalue weighted by Crippen LogP contribution is 2.44. The highest BCUT2D eigenvalue weighted by atomic mass is 15.1. The molecule has 0 amide bonds. The molecular formula is C61H66N6.